The van der Waals surface area contributed by atoms with Crippen molar-refractivity contribution in [3.63, 3.8) is 0 Å². The Labute approximate surface area is 245 Å². The molecule has 0 bridgehead atoms. The van der Waals surface area contributed by atoms with Crippen LogP contribution in [-0.2, 0) is 20.7 Å². The Morgan fingerprint density at radius 1 is 1.18 bits per heavy atom. The summed E-state index contributed by atoms with van der Waals surface area (Å²) in [4.78, 5) is 45.1. The molecule has 1 aromatic carbocycles. The van der Waals surface area contributed by atoms with E-state index < -0.39 is 12.1 Å². The molecule has 4 amide bonds. The summed E-state index contributed by atoms with van der Waals surface area (Å²) in [6.45, 7) is 12.4. The van der Waals surface area contributed by atoms with Crippen molar-refractivity contribution in [1.82, 2.24) is 31.2 Å². The third-order valence-electron chi connectivity index (χ3n) is 7.25. The fourth-order valence-electron chi connectivity index (χ4n) is 4.73. The average Bonchev–Trinajstić information content (AvgIpc) is 3.36. The molecule has 2 aromatic rings. The number of carbonyl (C=O) groups excluding carboxylic acids is 3. The van der Waals surface area contributed by atoms with Crippen LogP contribution in [0.4, 0.5) is 4.79 Å². The molecule has 1 aliphatic heterocycles. The summed E-state index contributed by atoms with van der Waals surface area (Å²) in [6, 6.07) is 4.17. The summed E-state index contributed by atoms with van der Waals surface area (Å²) in [6.07, 6.45) is 1.94. The molecule has 0 radical (unpaired) electrons. The summed E-state index contributed by atoms with van der Waals surface area (Å²) in [5.74, 6) is -0.200. The number of halogens is 1. The number of fused-ring (bicyclic) bond motifs is 1. The highest BCUT2D eigenvalue weighted by atomic mass is 35.5. The van der Waals surface area contributed by atoms with E-state index in [9.17, 15) is 14.4 Å². The molecule has 4 N–H and O–H groups in total. The molecule has 1 fully saturated rings. The van der Waals surface area contributed by atoms with Crippen molar-refractivity contribution in [3.05, 3.63) is 40.4 Å². The predicted octanol–water partition coefficient (Wildman–Crippen LogP) is 2.96. The van der Waals surface area contributed by atoms with Gasteiger partial charge in [0.05, 0.1) is 15.2 Å². The molecule has 0 saturated carbocycles. The van der Waals surface area contributed by atoms with Gasteiger partial charge in [0.25, 0.3) is 0 Å². The molecule has 1 aliphatic rings. The van der Waals surface area contributed by atoms with Crippen LogP contribution in [0.1, 0.15) is 31.7 Å². The second-order valence-electron chi connectivity index (χ2n) is 9.93. The quantitative estimate of drug-likeness (QED) is 0.250. The highest BCUT2D eigenvalue weighted by molar-refractivity contribution is 7.18. The van der Waals surface area contributed by atoms with Crippen molar-refractivity contribution in [3.8, 4) is 0 Å². The molecule has 0 aliphatic carbocycles. The number of ether oxygens (including phenoxy) is 1. The molecule has 1 aromatic heterocycles. The summed E-state index contributed by atoms with van der Waals surface area (Å²) in [7, 11) is 1.50. The minimum absolute atomic E-state index is 0.00305. The third-order valence-corrected chi connectivity index (χ3v) is 8.52. The molecule has 3 rings (SSSR count). The summed E-state index contributed by atoms with van der Waals surface area (Å²) in [5, 5.41) is 12.6. The Balaban J connectivity index is 1.66. The van der Waals surface area contributed by atoms with Crippen LogP contribution >= 0.6 is 22.9 Å². The Morgan fingerprint density at radius 3 is 2.55 bits per heavy atom. The fraction of sp³-hybridized carbons (Fsp3) is 0.571. The van der Waals surface area contributed by atoms with Gasteiger partial charge in [-0.3, -0.25) is 14.5 Å². The van der Waals surface area contributed by atoms with E-state index >= 15 is 0 Å². The van der Waals surface area contributed by atoms with E-state index in [1.807, 2.05) is 12.1 Å². The van der Waals surface area contributed by atoms with Crippen LogP contribution in [0.5, 0.6) is 0 Å². The SMILES string of the molecule is C=C(CN(CC)CC)C(=O)NCC(CNC(=O)[C@H](Cc1nc2ccc(Cl)cc2s1)NC(=O)NC)C1CCOCC1. The number of aromatic nitrogens is 1. The Kier molecular flexibility index (Phi) is 12.6. The molecule has 0 spiro atoms. The Morgan fingerprint density at radius 2 is 1.88 bits per heavy atom. The smallest absolute Gasteiger partial charge is 0.315 e. The zero-order valence-corrected chi connectivity index (χ0v) is 25.1. The number of likely N-dealkylation sites (N-methyl/N-ethyl adjacent to an activating group) is 1. The number of rotatable bonds is 14. The van der Waals surface area contributed by atoms with E-state index in [1.165, 1.54) is 18.4 Å². The normalized spacial score (nSPS) is 15.4. The fourth-order valence-corrected chi connectivity index (χ4v) is 6.02. The first kappa shape index (κ1) is 31.8. The molecule has 2 heterocycles. The molecule has 10 nitrogen and oxygen atoms in total. The van der Waals surface area contributed by atoms with Crippen molar-refractivity contribution >= 4 is 51.0 Å². The van der Waals surface area contributed by atoms with Crippen molar-refractivity contribution in [1.29, 1.82) is 0 Å². The van der Waals surface area contributed by atoms with Gasteiger partial charge in [-0.2, -0.15) is 0 Å². The maximum absolute atomic E-state index is 13.4. The summed E-state index contributed by atoms with van der Waals surface area (Å²) < 4.78 is 6.45. The topological polar surface area (TPSA) is 125 Å². The van der Waals surface area contributed by atoms with E-state index in [4.69, 9.17) is 16.3 Å². The van der Waals surface area contributed by atoms with Gasteiger partial charge >= 0.3 is 6.03 Å². The number of thiazole rings is 1. The molecular formula is C28H41ClN6O4S. The predicted molar refractivity (Wildman–Crippen MR) is 160 cm³/mol. The zero-order valence-electron chi connectivity index (χ0n) is 23.6. The minimum atomic E-state index is -0.824. The second-order valence-corrected chi connectivity index (χ2v) is 11.5. The largest absolute Gasteiger partial charge is 0.381 e. The van der Waals surface area contributed by atoms with Crippen LogP contribution < -0.4 is 21.3 Å². The molecule has 40 heavy (non-hydrogen) atoms. The van der Waals surface area contributed by atoms with Gasteiger partial charge < -0.3 is 26.0 Å². The highest BCUT2D eigenvalue weighted by Gasteiger charge is 2.28. The molecule has 12 heteroatoms. The molecule has 2 atom stereocenters. The van der Waals surface area contributed by atoms with Crippen molar-refractivity contribution in [2.75, 3.05) is 53.0 Å². The van der Waals surface area contributed by atoms with Gasteiger partial charge in [0.1, 0.15) is 6.04 Å². The van der Waals surface area contributed by atoms with Gasteiger partial charge in [-0.1, -0.05) is 32.0 Å². The van der Waals surface area contributed by atoms with Crippen LogP contribution in [0.15, 0.2) is 30.4 Å². The van der Waals surface area contributed by atoms with Crippen molar-refractivity contribution in [2.24, 2.45) is 11.8 Å². The summed E-state index contributed by atoms with van der Waals surface area (Å²) in [5.41, 5.74) is 1.31. The lowest BCUT2D eigenvalue weighted by Gasteiger charge is -2.31. The van der Waals surface area contributed by atoms with Crippen molar-refractivity contribution in [2.45, 2.75) is 39.2 Å². The minimum Gasteiger partial charge on any atom is -0.381 e. The number of benzene rings is 1. The van der Waals surface area contributed by atoms with Gasteiger partial charge in [0.2, 0.25) is 11.8 Å². The molecule has 220 valence electrons. The Hall–Kier alpha value is -2.73. The van der Waals surface area contributed by atoms with E-state index in [1.54, 1.807) is 6.07 Å². The summed E-state index contributed by atoms with van der Waals surface area (Å²) >= 11 is 7.55. The maximum Gasteiger partial charge on any atom is 0.315 e. The zero-order chi connectivity index (χ0) is 29.1. The van der Waals surface area contributed by atoms with E-state index in [-0.39, 0.29) is 30.1 Å². The van der Waals surface area contributed by atoms with Gasteiger partial charge in [-0.05, 0) is 56.0 Å². The van der Waals surface area contributed by atoms with Gasteiger partial charge in [-0.25, -0.2) is 9.78 Å². The van der Waals surface area contributed by atoms with E-state index in [0.29, 0.717) is 48.5 Å². The van der Waals surface area contributed by atoms with Crippen LogP contribution in [0.3, 0.4) is 0 Å². The number of amides is 4. The number of nitrogens with zero attached hydrogens (tertiary/aromatic N) is 2. The van der Waals surface area contributed by atoms with Gasteiger partial charge in [0.15, 0.2) is 0 Å². The molecule has 1 unspecified atom stereocenters. The van der Waals surface area contributed by atoms with Crippen LogP contribution in [0.2, 0.25) is 5.02 Å². The third kappa shape index (κ3) is 9.43. The number of hydrogen-bond acceptors (Lipinski definition) is 7. The van der Waals surface area contributed by atoms with Crippen LogP contribution in [0, 0.1) is 11.8 Å². The number of hydrogen-bond donors (Lipinski definition) is 4. The van der Waals surface area contributed by atoms with Crippen LogP contribution in [-0.4, -0.2) is 86.8 Å². The number of nitrogens with one attached hydrogen (secondary N) is 4. The first-order valence-corrected chi connectivity index (χ1v) is 15.0. The molecule has 1 saturated heterocycles. The number of carbonyl (C=O) groups is 3. The van der Waals surface area contributed by atoms with Gasteiger partial charge in [0, 0.05) is 56.9 Å². The van der Waals surface area contributed by atoms with Crippen LogP contribution in [0.25, 0.3) is 10.2 Å². The van der Waals surface area contributed by atoms with Gasteiger partial charge in [-0.15, -0.1) is 11.3 Å². The highest BCUT2D eigenvalue weighted by Crippen LogP contribution is 2.26. The lowest BCUT2D eigenvalue weighted by atomic mass is 9.85. The van der Waals surface area contributed by atoms with E-state index in [2.05, 4.69) is 51.6 Å². The Bertz CT molecular complexity index is 1160. The monoisotopic (exact) mass is 592 g/mol. The maximum atomic E-state index is 13.4. The average molecular weight is 593 g/mol. The first-order chi connectivity index (χ1) is 19.2. The van der Waals surface area contributed by atoms with E-state index in [0.717, 1.165) is 36.1 Å². The lowest BCUT2D eigenvalue weighted by Crippen LogP contribution is -2.52. The second kappa shape index (κ2) is 15.9. The standard InChI is InChI=1S/C28H41ClN6O4S/c1-5-35(6-2)17-18(3)26(36)31-15-20(19-9-11-39-12-10-19)16-32-27(37)23(34-28(38)30-4)14-25-33-22-8-7-21(29)13-24(22)40-25/h7-8,13,19-20,23H,3,5-6,9-12,14-17H2,1-2,4H3,(H,31,36)(H,32,37)(H2,30,34,38)/t20?,23-/m0/s1. The first-order valence-electron chi connectivity index (χ1n) is 13.8. The number of urea groups is 1. The lowest BCUT2D eigenvalue weighted by molar-refractivity contribution is -0.123. The molecular weight excluding hydrogens is 552 g/mol. The van der Waals surface area contributed by atoms with Crippen molar-refractivity contribution < 1.29 is 19.1 Å².